The van der Waals surface area contributed by atoms with E-state index in [1.54, 1.807) is 11.5 Å². The number of nitrogens with zero attached hydrogens (tertiary/aromatic N) is 4. The molecule has 0 unspecified atom stereocenters. The number of sulfonamides is 1. The van der Waals surface area contributed by atoms with Gasteiger partial charge < -0.3 is 10.3 Å². The number of anilines is 1. The third-order valence-corrected chi connectivity index (χ3v) is 4.26. The quantitative estimate of drug-likeness (QED) is 0.803. The van der Waals surface area contributed by atoms with E-state index in [0.29, 0.717) is 6.54 Å². The van der Waals surface area contributed by atoms with Crippen LogP contribution in [0, 0.1) is 0 Å². The van der Waals surface area contributed by atoms with Crippen LogP contribution in [0.5, 0.6) is 0 Å². The van der Waals surface area contributed by atoms with Crippen LogP contribution in [-0.2, 0) is 16.6 Å². The van der Waals surface area contributed by atoms with Gasteiger partial charge in [-0.3, -0.25) is 14.2 Å². The van der Waals surface area contributed by atoms with E-state index in [9.17, 15) is 13.2 Å². The Morgan fingerprint density at radius 3 is 2.59 bits per heavy atom. The lowest BCUT2D eigenvalue weighted by atomic mass is 10.4. The Hall–Kier alpha value is -2.36. The van der Waals surface area contributed by atoms with E-state index in [4.69, 9.17) is 5.73 Å². The van der Waals surface area contributed by atoms with E-state index in [2.05, 4.69) is 14.8 Å². The molecule has 0 saturated carbocycles. The monoisotopic (exact) mass is 326 g/mol. The number of hydrogen-bond donors (Lipinski definition) is 2. The van der Waals surface area contributed by atoms with Crippen molar-refractivity contribution in [2.24, 2.45) is 5.73 Å². The number of rotatable bonds is 6. The molecule has 0 fully saturated rings. The molecule has 0 radical (unpaired) electrons. The fraction of sp³-hybridized carbons (Fsp3) is 0.417. The Morgan fingerprint density at radius 1 is 1.41 bits per heavy atom. The van der Waals surface area contributed by atoms with Gasteiger partial charge in [0.2, 0.25) is 0 Å². The van der Waals surface area contributed by atoms with E-state index in [0.717, 1.165) is 0 Å². The number of nitrogens with one attached hydrogen (secondary N) is 1. The van der Waals surface area contributed by atoms with Gasteiger partial charge in [0.05, 0.1) is 12.0 Å². The Kier molecular flexibility index (Phi) is 4.22. The topological polar surface area (TPSA) is 125 Å². The summed E-state index contributed by atoms with van der Waals surface area (Å²) in [5.41, 5.74) is 5.12. The van der Waals surface area contributed by atoms with Crippen LogP contribution in [0.3, 0.4) is 0 Å². The van der Waals surface area contributed by atoms with Gasteiger partial charge in [0.15, 0.2) is 10.7 Å². The second-order valence-corrected chi connectivity index (χ2v) is 6.60. The third-order valence-electron chi connectivity index (χ3n) is 3.01. The standard InChI is InChI=1S/C12H18N6O3S/c1-4-18-5-9(11(15-18)12(13)19)16-22(20,21)10-6-17(7-14-10)8(2)3/h5-8,16H,4H2,1-3H3,(H2,13,19). The number of primary amides is 1. The number of carbonyl (C=O) groups excluding carboxylic acids is 1. The predicted molar refractivity (Wildman–Crippen MR) is 79.8 cm³/mol. The van der Waals surface area contributed by atoms with E-state index in [1.165, 1.54) is 23.4 Å². The van der Waals surface area contributed by atoms with Gasteiger partial charge in [0.1, 0.15) is 0 Å². The molecular weight excluding hydrogens is 308 g/mol. The molecule has 0 spiro atoms. The molecule has 0 aliphatic carbocycles. The molecule has 3 N–H and O–H groups in total. The summed E-state index contributed by atoms with van der Waals surface area (Å²) < 4.78 is 30.1. The molecule has 22 heavy (non-hydrogen) atoms. The van der Waals surface area contributed by atoms with Crippen molar-refractivity contribution in [1.82, 2.24) is 19.3 Å². The highest BCUT2D eigenvalue weighted by Crippen LogP contribution is 2.19. The maximum absolute atomic E-state index is 12.3. The van der Waals surface area contributed by atoms with Crippen LogP contribution in [0.25, 0.3) is 0 Å². The van der Waals surface area contributed by atoms with Crippen molar-refractivity contribution in [1.29, 1.82) is 0 Å². The van der Waals surface area contributed by atoms with Gasteiger partial charge in [-0.15, -0.1) is 0 Å². The number of carbonyl (C=O) groups is 1. The maximum Gasteiger partial charge on any atom is 0.281 e. The summed E-state index contributed by atoms with van der Waals surface area (Å²) >= 11 is 0. The fourth-order valence-corrected chi connectivity index (χ4v) is 2.77. The van der Waals surface area contributed by atoms with E-state index in [1.807, 2.05) is 13.8 Å². The first kappa shape index (κ1) is 16.0. The van der Waals surface area contributed by atoms with Gasteiger partial charge in [-0.2, -0.15) is 13.5 Å². The molecule has 0 saturated heterocycles. The second-order valence-electron chi connectivity index (χ2n) is 4.97. The number of aromatic nitrogens is 4. The molecule has 120 valence electrons. The average Bonchev–Trinajstić information content (AvgIpc) is 3.04. The van der Waals surface area contributed by atoms with Crippen molar-refractivity contribution in [3.63, 3.8) is 0 Å². The van der Waals surface area contributed by atoms with Crippen LogP contribution in [0.4, 0.5) is 5.69 Å². The highest BCUT2D eigenvalue weighted by atomic mass is 32.2. The first-order valence-corrected chi connectivity index (χ1v) is 8.16. The summed E-state index contributed by atoms with van der Waals surface area (Å²) in [5.74, 6) is -0.808. The van der Waals surface area contributed by atoms with Crippen molar-refractivity contribution >= 4 is 21.6 Å². The van der Waals surface area contributed by atoms with Crippen LogP contribution in [-0.4, -0.2) is 33.7 Å². The minimum absolute atomic E-state index is 0.0356. The number of hydrogen-bond acceptors (Lipinski definition) is 5. The van der Waals surface area contributed by atoms with Crippen LogP contribution >= 0.6 is 0 Å². The predicted octanol–water partition coefficient (Wildman–Crippen LogP) is 0.580. The third kappa shape index (κ3) is 3.11. The molecule has 0 bridgehead atoms. The van der Waals surface area contributed by atoms with Gasteiger partial charge in [-0.25, -0.2) is 4.98 Å². The molecule has 9 nitrogen and oxygen atoms in total. The van der Waals surface area contributed by atoms with Crippen LogP contribution in [0.15, 0.2) is 23.7 Å². The molecule has 2 aromatic heterocycles. The normalized spacial score (nSPS) is 11.8. The van der Waals surface area contributed by atoms with Crippen molar-refractivity contribution in [2.45, 2.75) is 38.4 Å². The first-order chi connectivity index (χ1) is 10.2. The van der Waals surface area contributed by atoms with Crippen molar-refractivity contribution in [3.05, 3.63) is 24.4 Å². The molecule has 2 rings (SSSR count). The summed E-state index contributed by atoms with van der Waals surface area (Å²) in [6, 6.07) is 0.0838. The summed E-state index contributed by atoms with van der Waals surface area (Å²) in [6.07, 6.45) is 4.27. The lowest BCUT2D eigenvalue weighted by Crippen LogP contribution is -2.18. The fourth-order valence-electron chi connectivity index (χ4n) is 1.78. The van der Waals surface area contributed by atoms with Crippen LogP contribution in [0.2, 0.25) is 0 Å². The highest BCUT2D eigenvalue weighted by Gasteiger charge is 2.23. The lowest BCUT2D eigenvalue weighted by molar-refractivity contribution is 0.0995. The zero-order valence-electron chi connectivity index (χ0n) is 12.5. The first-order valence-electron chi connectivity index (χ1n) is 6.68. The molecular formula is C12H18N6O3S. The van der Waals surface area contributed by atoms with E-state index < -0.39 is 15.9 Å². The molecule has 0 aliphatic heterocycles. The zero-order valence-corrected chi connectivity index (χ0v) is 13.3. The Morgan fingerprint density at radius 2 is 2.09 bits per heavy atom. The molecule has 2 aromatic rings. The minimum atomic E-state index is -3.92. The SMILES string of the molecule is CCn1cc(NS(=O)(=O)c2cn(C(C)C)cn2)c(C(N)=O)n1. The zero-order chi connectivity index (χ0) is 16.5. The summed E-state index contributed by atoms with van der Waals surface area (Å²) in [4.78, 5) is 15.2. The van der Waals surface area contributed by atoms with Gasteiger partial charge in [-0.05, 0) is 20.8 Å². The molecule has 0 atom stereocenters. The Bertz CT molecular complexity index is 790. The molecule has 10 heteroatoms. The molecule has 2 heterocycles. The molecule has 0 aromatic carbocycles. The number of nitrogens with two attached hydrogens (primary N) is 1. The van der Waals surface area contributed by atoms with E-state index >= 15 is 0 Å². The van der Waals surface area contributed by atoms with Gasteiger partial charge >= 0.3 is 0 Å². The number of amides is 1. The maximum atomic E-state index is 12.3. The smallest absolute Gasteiger partial charge is 0.281 e. The Balaban J connectivity index is 2.35. The second kappa shape index (κ2) is 5.79. The van der Waals surface area contributed by atoms with E-state index in [-0.39, 0.29) is 22.4 Å². The molecule has 1 amide bonds. The largest absolute Gasteiger partial charge is 0.364 e. The number of aryl methyl sites for hydroxylation is 1. The minimum Gasteiger partial charge on any atom is -0.364 e. The van der Waals surface area contributed by atoms with Gasteiger partial charge in [-0.1, -0.05) is 0 Å². The van der Waals surface area contributed by atoms with Crippen LogP contribution in [0.1, 0.15) is 37.3 Å². The Labute approximate surface area is 128 Å². The van der Waals surface area contributed by atoms with Gasteiger partial charge in [0.25, 0.3) is 15.9 Å². The van der Waals surface area contributed by atoms with Crippen molar-refractivity contribution in [3.8, 4) is 0 Å². The lowest BCUT2D eigenvalue weighted by Gasteiger charge is -2.05. The summed E-state index contributed by atoms with van der Waals surface area (Å²) in [6.45, 7) is 6.09. The van der Waals surface area contributed by atoms with Gasteiger partial charge in [0, 0.05) is 25.0 Å². The van der Waals surface area contributed by atoms with Crippen LogP contribution < -0.4 is 10.5 Å². The highest BCUT2D eigenvalue weighted by molar-refractivity contribution is 7.92. The number of imidazole rings is 1. The molecule has 0 aliphatic rings. The van der Waals surface area contributed by atoms with Crippen molar-refractivity contribution in [2.75, 3.05) is 4.72 Å². The average molecular weight is 326 g/mol. The summed E-state index contributed by atoms with van der Waals surface area (Å²) in [5, 5.41) is 3.79. The van der Waals surface area contributed by atoms with Crippen molar-refractivity contribution < 1.29 is 13.2 Å². The summed E-state index contributed by atoms with van der Waals surface area (Å²) in [7, 11) is -3.92.